The van der Waals surface area contributed by atoms with E-state index >= 15 is 0 Å². The highest BCUT2D eigenvalue weighted by atomic mass is 15.2. The number of allylic oxidation sites excluding steroid dienone is 5. The van der Waals surface area contributed by atoms with Gasteiger partial charge in [0, 0.05) is 5.70 Å². The Balaban J connectivity index is 3.97. The van der Waals surface area contributed by atoms with E-state index in [1.54, 1.807) is 24.3 Å². The molecule has 10 heavy (non-hydrogen) atoms. The number of hydrazine groups is 1. The Bertz CT molecular complexity index is 166. The van der Waals surface area contributed by atoms with E-state index in [-0.39, 0.29) is 0 Å². The molecule has 0 saturated heterocycles. The zero-order chi connectivity index (χ0) is 7.82. The van der Waals surface area contributed by atoms with Crippen molar-refractivity contribution in [3.8, 4) is 0 Å². The van der Waals surface area contributed by atoms with Gasteiger partial charge >= 0.3 is 0 Å². The molecule has 54 valence electrons. The van der Waals surface area contributed by atoms with Gasteiger partial charge in [-0.15, -0.1) is 0 Å². The first kappa shape index (κ1) is 8.72. The van der Waals surface area contributed by atoms with Crippen molar-refractivity contribution < 1.29 is 0 Å². The van der Waals surface area contributed by atoms with Crippen LogP contribution in [0.2, 0.25) is 0 Å². The molecule has 0 atom stereocenters. The van der Waals surface area contributed by atoms with Gasteiger partial charge in [-0.25, -0.2) is 0 Å². The largest absolute Gasteiger partial charge is 0.324 e. The van der Waals surface area contributed by atoms with Gasteiger partial charge in [0.15, 0.2) is 0 Å². The van der Waals surface area contributed by atoms with Crippen LogP contribution in [0.3, 0.4) is 0 Å². The fraction of sp³-hybridized carbons (Fsp3) is 0. The van der Waals surface area contributed by atoms with Gasteiger partial charge in [0.05, 0.1) is 0 Å². The molecule has 0 aliphatic carbocycles. The van der Waals surface area contributed by atoms with Crippen LogP contribution in [0.4, 0.5) is 0 Å². The summed E-state index contributed by atoms with van der Waals surface area (Å²) in [6.07, 6.45) is 8.75. The highest BCUT2D eigenvalue weighted by Crippen LogP contribution is 1.87. The monoisotopic (exact) mass is 136 g/mol. The Morgan fingerprint density at radius 2 is 2.00 bits per heavy atom. The van der Waals surface area contributed by atoms with Crippen molar-refractivity contribution in [1.82, 2.24) is 5.43 Å². The number of nitrogens with two attached hydrogens (primary N) is 1. The maximum atomic E-state index is 5.12. The van der Waals surface area contributed by atoms with E-state index in [2.05, 4.69) is 18.6 Å². The molecule has 0 aliphatic rings. The highest BCUT2D eigenvalue weighted by molar-refractivity contribution is 5.21. The Kier molecular flexibility index (Phi) is 5.10. The minimum atomic E-state index is 0.776. The summed E-state index contributed by atoms with van der Waals surface area (Å²) in [5, 5.41) is 0. The van der Waals surface area contributed by atoms with Gasteiger partial charge < -0.3 is 5.43 Å². The summed E-state index contributed by atoms with van der Waals surface area (Å²) < 4.78 is 0. The molecule has 0 heterocycles. The third-order valence-electron chi connectivity index (χ3n) is 0.910. The fourth-order valence-electron chi connectivity index (χ4n) is 0.413. The summed E-state index contributed by atoms with van der Waals surface area (Å²) in [5.74, 6) is 5.12. The lowest BCUT2D eigenvalue weighted by molar-refractivity contribution is 0.917. The Morgan fingerprint density at radius 1 is 1.30 bits per heavy atom. The van der Waals surface area contributed by atoms with Crippen LogP contribution in [0.25, 0.3) is 0 Å². The lowest BCUT2D eigenvalue weighted by atomic mass is 10.3. The fourth-order valence-corrected chi connectivity index (χ4v) is 0.413. The Morgan fingerprint density at radius 3 is 2.40 bits per heavy atom. The van der Waals surface area contributed by atoms with Gasteiger partial charge in [0.25, 0.3) is 0 Å². The number of rotatable bonds is 4. The first-order valence-electron chi connectivity index (χ1n) is 2.93. The zero-order valence-corrected chi connectivity index (χ0v) is 5.88. The normalized spacial score (nSPS) is 11.5. The van der Waals surface area contributed by atoms with Crippen molar-refractivity contribution in [1.29, 1.82) is 0 Å². The predicted molar refractivity (Wildman–Crippen MR) is 44.9 cm³/mol. The van der Waals surface area contributed by atoms with Crippen LogP contribution in [-0.4, -0.2) is 0 Å². The maximum Gasteiger partial charge on any atom is 0.0479 e. The van der Waals surface area contributed by atoms with Crippen molar-refractivity contribution in [2.45, 2.75) is 0 Å². The van der Waals surface area contributed by atoms with Crippen LogP contribution in [-0.2, 0) is 0 Å². The summed E-state index contributed by atoms with van der Waals surface area (Å²) >= 11 is 0. The third-order valence-corrected chi connectivity index (χ3v) is 0.910. The molecule has 0 spiro atoms. The molecular formula is C8H12N2. The second kappa shape index (κ2) is 5.85. The van der Waals surface area contributed by atoms with Gasteiger partial charge in [-0.05, 0) is 12.2 Å². The van der Waals surface area contributed by atoms with Crippen LogP contribution in [0.5, 0.6) is 0 Å². The molecular weight excluding hydrogens is 124 g/mol. The molecule has 0 fully saturated rings. The SMILES string of the molecule is C=C/C=C\C=C(/C=C)NN. The summed E-state index contributed by atoms with van der Waals surface area (Å²) in [5.41, 5.74) is 3.24. The molecule has 0 aromatic carbocycles. The third kappa shape index (κ3) is 3.69. The van der Waals surface area contributed by atoms with Gasteiger partial charge in [-0.1, -0.05) is 31.4 Å². The molecule has 0 aromatic rings. The number of hydrogen-bond acceptors (Lipinski definition) is 2. The van der Waals surface area contributed by atoms with E-state index in [1.807, 2.05) is 6.08 Å². The zero-order valence-electron chi connectivity index (χ0n) is 5.88. The van der Waals surface area contributed by atoms with Crippen LogP contribution in [0, 0.1) is 0 Å². The summed E-state index contributed by atoms with van der Waals surface area (Å²) in [4.78, 5) is 0. The van der Waals surface area contributed by atoms with E-state index in [9.17, 15) is 0 Å². The van der Waals surface area contributed by atoms with Gasteiger partial charge in [-0.2, -0.15) is 0 Å². The predicted octanol–water partition coefficient (Wildman–Crippen LogP) is 1.26. The maximum absolute atomic E-state index is 5.12. The lowest BCUT2D eigenvalue weighted by Crippen LogP contribution is -2.19. The molecule has 0 aliphatic heterocycles. The average molecular weight is 136 g/mol. The van der Waals surface area contributed by atoms with E-state index in [1.165, 1.54) is 0 Å². The average Bonchev–Trinajstić information content (AvgIpc) is 1.99. The number of hydrogen-bond donors (Lipinski definition) is 2. The van der Waals surface area contributed by atoms with Gasteiger partial charge in [-0.3, -0.25) is 5.84 Å². The molecule has 0 unspecified atom stereocenters. The molecule has 0 saturated carbocycles. The Labute approximate surface area is 61.4 Å². The van der Waals surface area contributed by atoms with E-state index in [0.29, 0.717) is 0 Å². The molecule has 0 bridgehead atoms. The van der Waals surface area contributed by atoms with E-state index in [4.69, 9.17) is 5.84 Å². The molecule has 0 radical (unpaired) electrons. The summed E-state index contributed by atoms with van der Waals surface area (Å²) in [6, 6.07) is 0. The molecule has 3 N–H and O–H groups in total. The summed E-state index contributed by atoms with van der Waals surface area (Å²) in [7, 11) is 0. The summed E-state index contributed by atoms with van der Waals surface area (Å²) in [6.45, 7) is 7.06. The first-order chi connectivity index (χ1) is 4.85. The van der Waals surface area contributed by atoms with Crippen molar-refractivity contribution in [2.24, 2.45) is 5.84 Å². The van der Waals surface area contributed by atoms with Gasteiger partial charge in [0.2, 0.25) is 0 Å². The van der Waals surface area contributed by atoms with Crippen molar-refractivity contribution in [3.05, 3.63) is 49.2 Å². The lowest BCUT2D eigenvalue weighted by Gasteiger charge is -1.94. The molecule has 0 aromatic heterocycles. The van der Waals surface area contributed by atoms with Crippen molar-refractivity contribution in [2.75, 3.05) is 0 Å². The minimum absolute atomic E-state index is 0.776. The second-order valence-corrected chi connectivity index (χ2v) is 1.59. The highest BCUT2D eigenvalue weighted by Gasteiger charge is 1.78. The smallest absolute Gasteiger partial charge is 0.0479 e. The quantitative estimate of drug-likeness (QED) is 0.347. The van der Waals surface area contributed by atoms with Crippen LogP contribution in [0.1, 0.15) is 0 Å². The van der Waals surface area contributed by atoms with E-state index in [0.717, 1.165) is 5.70 Å². The molecule has 0 amide bonds. The second-order valence-electron chi connectivity index (χ2n) is 1.59. The van der Waals surface area contributed by atoms with Crippen LogP contribution >= 0.6 is 0 Å². The first-order valence-corrected chi connectivity index (χ1v) is 2.93. The van der Waals surface area contributed by atoms with Crippen LogP contribution < -0.4 is 11.3 Å². The van der Waals surface area contributed by atoms with E-state index < -0.39 is 0 Å². The topological polar surface area (TPSA) is 38.0 Å². The molecule has 2 nitrogen and oxygen atoms in total. The van der Waals surface area contributed by atoms with Crippen LogP contribution in [0.15, 0.2) is 49.2 Å². The number of nitrogens with one attached hydrogen (secondary N) is 1. The van der Waals surface area contributed by atoms with Crippen molar-refractivity contribution in [3.63, 3.8) is 0 Å². The van der Waals surface area contributed by atoms with Crippen molar-refractivity contribution >= 4 is 0 Å². The molecule has 2 heteroatoms. The molecule has 0 rings (SSSR count). The Hall–Kier alpha value is -1.28. The minimum Gasteiger partial charge on any atom is -0.324 e. The standard InChI is InChI=1S/C8H12N2/c1-3-5-6-7-8(4-2)10-9/h3-7,10H,1-2,9H2/b6-5-,8-7+. The van der Waals surface area contributed by atoms with Gasteiger partial charge in [0.1, 0.15) is 0 Å².